The molecule has 1 aliphatic heterocycles. The third kappa shape index (κ3) is 4.45. The zero-order chi connectivity index (χ0) is 18.4. The molecule has 2 N–H and O–H groups in total. The molecule has 6 nitrogen and oxygen atoms in total. The van der Waals surface area contributed by atoms with Crippen LogP contribution in [0.5, 0.6) is 5.75 Å². The predicted octanol–water partition coefficient (Wildman–Crippen LogP) is 3.21. The Morgan fingerprint density at radius 2 is 2.12 bits per heavy atom. The number of nitrogens with zero attached hydrogens (tertiary/aromatic N) is 2. The van der Waals surface area contributed by atoms with Gasteiger partial charge in [-0.1, -0.05) is 6.07 Å². The van der Waals surface area contributed by atoms with Crippen LogP contribution in [0.2, 0.25) is 0 Å². The summed E-state index contributed by atoms with van der Waals surface area (Å²) in [6.45, 7) is 2.50. The fourth-order valence-electron chi connectivity index (χ4n) is 3.08. The van der Waals surface area contributed by atoms with Crippen LogP contribution in [0.3, 0.4) is 0 Å². The van der Waals surface area contributed by atoms with Gasteiger partial charge < -0.3 is 20.3 Å². The molecule has 1 atom stereocenters. The van der Waals surface area contributed by atoms with Crippen molar-refractivity contribution in [1.29, 1.82) is 5.26 Å². The van der Waals surface area contributed by atoms with Crippen LogP contribution in [0.4, 0.5) is 16.2 Å². The first-order valence-electron chi connectivity index (χ1n) is 8.62. The molecule has 26 heavy (non-hydrogen) atoms. The van der Waals surface area contributed by atoms with Gasteiger partial charge in [-0.15, -0.1) is 0 Å². The second kappa shape index (κ2) is 8.26. The topological polar surface area (TPSA) is 77.4 Å². The van der Waals surface area contributed by atoms with E-state index in [9.17, 15) is 4.79 Å². The lowest BCUT2D eigenvalue weighted by molar-refractivity contribution is 0.250. The summed E-state index contributed by atoms with van der Waals surface area (Å²) in [6, 6.07) is 16.7. The van der Waals surface area contributed by atoms with E-state index in [0.717, 1.165) is 30.9 Å². The Kier molecular flexibility index (Phi) is 5.59. The number of hydrogen-bond donors (Lipinski definition) is 2. The second-order valence-electron chi connectivity index (χ2n) is 6.33. The van der Waals surface area contributed by atoms with Crippen LogP contribution < -0.4 is 20.3 Å². The molecule has 0 unspecified atom stereocenters. The molecule has 0 spiro atoms. The standard InChI is InChI=1S/C20H22N4O2/c1-26-19-4-2-3-18(11-19)24-10-9-16(14-24)13-22-20(25)23-17-7-5-15(12-21)6-8-17/h2-8,11,16H,9-10,13-14H2,1H3,(H2,22,23,25)/t16-/m1/s1. The summed E-state index contributed by atoms with van der Waals surface area (Å²) in [6.07, 6.45) is 1.04. The molecule has 134 valence electrons. The summed E-state index contributed by atoms with van der Waals surface area (Å²) in [5, 5.41) is 14.5. The van der Waals surface area contributed by atoms with E-state index in [4.69, 9.17) is 10.00 Å². The number of rotatable bonds is 5. The van der Waals surface area contributed by atoms with Gasteiger partial charge in [0.15, 0.2) is 0 Å². The molecule has 0 radical (unpaired) electrons. The van der Waals surface area contributed by atoms with E-state index in [2.05, 4.69) is 27.7 Å². The molecular formula is C20H22N4O2. The molecule has 1 heterocycles. The van der Waals surface area contributed by atoms with Gasteiger partial charge in [-0.2, -0.15) is 5.26 Å². The first-order valence-corrected chi connectivity index (χ1v) is 8.62. The molecular weight excluding hydrogens is 328 g/mol. The number of nitriles is 1. The van der Waals surface area contributed by atoms with Crippen molar-refractivity contribution < 1.29 is 9.53 Å². The van der Waals surface area contributed by atoms with Crippen LogP contribution >= 0.6 is 0 Å². The van der Waals surface area contributed by atoms with Crippen molar-refractivity contribution in [2.75, 3.05) is 37.0 Å². The molecule has 0 aromatic heterocycles. The van der Waals surface area contributed by atoms with E-state index in [1.54, 1.807) is 31.4 Å². The Labute approximate surface area is 153 Å². The highest BCUT2D eigenvalue weighted by atomic mass is 16.5. The largest absolute Gasteiger partial charge is 0.497 e. The van der Waals surface area contributed by atoms with E-state index in [-0.39, 0.29) is 6.03 Å². The van der Waals surface area contributed by atoms with Crippen LogP contribution in [-0.4, -0.2) is 32.8 Å². The molecule has 1 aliphatic rings. The van der Waals surface area contributed by atoms with E-state index in [0.29, 0.717) is 23.7 Å². The Balaban J connectivity index is 1.46. The lowest BCUT2D eigenvalue weighted by Crippen LogP contribution is -2.34. The highest BCUT2D eigenvalue weighted by Crippen LogP contribution is 2.26. The zero-order valence-electron chi connectivity index (χ0n) is 14.7. The molecule has 2 amide bonds. The quantitative estimate of drug-likeness (QED) is 0.868. The fourth-order valence-corrected chi connectivity index (χ4v) is 3.08. The number of urea groups is 1. The van der Waals surface area contributed by atoms with Crippen molar-refractivity contribution in [2.24, 2.45) is 5.92 Å². The number of carbonyl (C=O) groups is 1. The van der Waals surface area contributed by atoms with Gasteiger partial charge in [0.2, 0.25) is 0 Å². The minimum absolute atomic E-state index is 0.227. The maximum absolute atomic E-state index is 12.0. The second-order valence-corrected chi connectivity index (χ2v) is 6.33. The summed E-state index contributed by atoms with van der Waals surface area (Å²) in [7, 11) is 1.67. The van der Waals surface area contributed by atoms with Crippen LogP contribution in [0.1, 0.15) is 12.0 Å². The first kappa shape index (κ1) is 17.6. The Hall–Kier alpha value is -3.20. The highest BCUT2D eigenvalue weighted by molar-refractivity contribution is 5.89. The summed E-state index contributed by atoms with van der Waals surface area (Å²) in [5.74, 6) is 1.26. The molecule has 1 fully saturated rings. The van der Waals surface area contributed by atoms with Crippen molar-refractivity contribution in [3.05, 3.63) is 54.1 Å². The smallest absolute Gasteiger partial charge is 0.319 e. The minimum Gasteiger partial charge on any atom is -0.497 e. The van der Waals surface area contributed by atoms with Crippen molar-refractivity contribution in [3.63, 3.8) is 0 Å². The average Bonchev–Trinajstić information content (AvgIpc) is 3.16. The number of benzene rings is 2. The van der Waals surface area contributed by atoms with E-state index >= 15 is 0 Å². The number of methoxy groups -OCH3 is 1. The van der Waals surface area contributed by atoms with Crippen molar-refractivity contribution in [1.82, 2.24) is 5.32 Å². The van der Waals surface area contributed by atoms with Gasteiger partial charge in [0.25, 0.3) is 0 Å². The maximum Gasteiger partial charge on any atom is 0.319 e. The number of ether oxygens (including phenoxy) is 1. The molecule has 0 aliphatic carbocycles. The third-order valence-electron chi connectivity index (χ3n) is 4.53. The van der Waals surface area contributed by atoms with Crippen molar-refractivity contribution in [2.45, 2.75) is 6.42 Å². The van der Waals surface area contributed by atoms with Gasteiger partial charge >= 0.3 is 6.03 Å². The van der Waals surface area contributed by atoms with E-state index in [1.165, 1.54) is 0 Å². The van der Waals surface area contributed by atoms with Gasteiger partial charge in [0, 0.05) is 37.1 Å². The van der Waals surface area contributed by atoms with Crippen LogP contribution in [0, 0.1) is 17.2 Å². The summed E-state index contributed by atoms with van der Waals surface area (Å²) in [4.78, 5) is 14.4. The molecule has 2 aromatic carbocycles. The van der Waals surface area contributed by atoms with Crippen LogP contribution in [0.25, 0.3) is 0 Å². The minimum atomic E-state index is -0.227. The maximum atomic E-state index is 12.0. The predicted molar refractivity (Wildman–Crippen MR) is 101 cm³/mol. The lowest BCUT2D eigenvalue weighted by atomic mass is 10.1. The number of amides is 2. The molecule has 3 rings (SSSR count). The molecule has 6 heteroatoms. The van der Waals surface area contributed by atoms with E-state index < -0.39 is 0 Å². The van der Waals surface area contributed by atoms with E-state index in [1.807, 2.05) is 18.2 Å². The number of hydrogen-bond acceptors (Lipinski definition) is 4. The monoisotopic (exact) mass is 350 g/mol. The first-order chi connectivity index (χ1) is 12.7. The summed E-state index contributed by atoms with van der Waals surface area (Å²) < 4.78 is 5.28. The average molecular weight is 350 g/mol. The zero-order valence-corrected chi connectivity index (χ0v) is 14.7. The molecule has 0 saturated carbocycles. The lowest BCUT2D eigenvalue weighted by Gasteiger charge is -2.19. The van der Waals surface area contributed by atoms with Gasteiger partial charge in [-0.25, -0.2) is 4.79 Å². The van der Waals surface area contributed by atoms with Gasteiger partial charge in [0.1, 0.15) is 5.75 Å². The molecule has 0 bridgehead atoms. The number of nitrogens with one attached hydrogen (secondary N) is 2. The highest BCUT2D eigenvalue weighted by Gasteiger charge is 2.23. The number of anilines is 2. The Bertz CT molecular complexity index is 798. The normalized spacial score (nSPS) is 16.0. The third-order valence-corrected chi connectivity index (χ3v) is 4.53. The Morgan fingerprint density at radius 1 is 1.31 bits per heavy atom. The Morgan fingerprint density at radius 3 is 2.85 bits per heavy atom. The van der Waals surface area contributed by atoms with Crippen LogP contribution in [0.15, 0.2) is 48.5 Å². The van der Waals surface area contributed by atoms with Gasteiger partial charge in [-0.05, 0) is 48.7 Å². The summed E-state index contributed by atoms with van der Waals surface area (Å²) in [5.41, 5.74) is 2.39. The van der Waals surface area contributed by atoms with Crippen LogP contribution in [-0.2, 0) is 0 Å². The number of carbonyl (C=O) groups excluding carboxylic acids is 1. The van der Waals surface area contributed by atoms with Crippen molar-refractivity contribution in [3.8, 4) is 11.8 Å². The van der Waals surface area contributed by atoms with Gasteiger partial charge in [-0.3, -0.25) is 0 Å². The molecule has 2 aromatic rings. The van der Waals surface area contributed by atoms with Crippen molar-refractivity contribution >= 4 is 17.4 Å². The fraction of sp³-hybridized carbons (Fsp3) is 0.300. The van der Waals surface area contributed by atoms with Gasteiger partial charge in [0.05, 0.1) is 18.7 Å². The SMILES string of the molecule is COc1cccc(N2CC[C@H](CNC(=O)Nc3ccc(C#N)cc3)C2)c1. The molecule has 1 saturated heterocycles. The summed E-state index contributed by atoms with van der Waals surface area (Å²) >= 11 is 0.